The van der Waals surface area contributed by atoms with E-state index in [1.807, 2.05) is 0 Å². The molecule has 0 saturated carbocycles. The lowest BCUT2D eigenvalue weighted by Gasteiger charge is -2.13. The van der Waals surface area contributed by atoms with Crippen LogP contribution in [0.15, 0.2) is 12.1 Å². The molecule has 0 saturated heterocycles. The molecule has 1 atom stereocenters. The number of aryl methyl sites for hydroxylation is 1. The Morgan fingerprint density at radius 2 is 2.00 bits per heavy atom. The van der Waals surface area contributed by atoms with Gasteiger partial charge in [-0.15, -0.1) is 0 Å². The maximum atomic E-state index is 14.4. The molecule has 0 radical (unpaired) electrons. The largest absolute Gasteiger partial charge is 0.464 e. The number of ether oxygens (including phenoxy) is 3. The van der Waals surface area contributed by atoms with Crippen molar-refractivity contribution in [3.63, 3.8) is 0 Å². The van der Waals surface area contributed by atoms with Crippen LogP contribution in [0.4, 0.5) is 13.2 Å². The molecule has 0 spiro atoms. The van der Waals surface area contributed by atoms with Gasteiger partial charge in [-0.3, -0.25) is 0 Å². The molecule has 0 fully saturated rings. The van der Waals surface area contributed by atoms with Gasteiger partial charge in [-0.2, -0.15) is 13.9 Å². The quantitative estimate of drug-likeness (QED) is 0.561. The van der Waals surface area contributed by atoms with E-state index in [0.717, 1.165) is 10.7 Å². The van der Waals surface area contributed by atoms with E-state index in [2.05, 4.69) is 9.84 Å². The molecule has 0 bridgehead atoms. The molecule has 0 amide bonds. The molecule has 0 aliphatic heterocycles. The van der Waals surface area contributed by atoms with Crippen LogP contribution in [0, 0.1) is 5.82 Å². The first-order valence-electron chi connectivity index (χ1n) is 8.09. The zero-order valence-corrected chi connectivity index (χ0v) is 16.7. The highest BCUT2D eigenvalue weighted by molar-refractivity contribution is 6.34. The number of nitrogens with zero attached hydrogens (tertiary/aromatic N) is 2. The second-order valence-corrected chi connectivity index (χ2v) is 6.38. The molecule has 154 valence electrons. The first-order chi connectivity index (χ1) is 13.1. The van der Waals surface area contributed by atoms with E-state index < -0.39 is 30.4 Å². The average molecular weight is 441 g/mol. The van der Waals surface area contributed by atoms with E-state index in [-0.39, 0.29) is 34.5 Å². The van der Waals surface area contributed by atoms with Crippen LogP contribution in [0.25, 0.3) is 11.3 Å². The van der Waals surface area contributed by atoms with Gasteiger partial charge in [-0.05, 0) is 31.5 Å². The van der Waals surface area contributed by atoms with Gasteiger partial charge in [0.2, 0.25) is 5.88 Å². The van der Waals surface area contributed by atoms with E-state index >= 15 is 0 Å². The van der Waals surface area contributed by atoms with E-state index in [0.29, 0.717) is 5.56 Å². The second kappa shape index (κ2) is 9.49. The Hall–Kier alpha value is -1.97. The Balaban J connectivity index is 2.32. The van der Waals surface area contributed by atoms with Crippen molar-refractivity contribution in [2.45, 2.75) is 33.2 Å². The highest BCUT2D eigenvalue weighted by Gasteiger charge is 2.24. The van der Waals surface area contributed by atoms with Gasteiger partial charge in [0, 0.05) is 17.6 Å². The fraction of sp³-hybridized carbons (Fsp3) is 0.412. The van der Waals surface area contributed by atoms with Crippen molar-refractivity contribution in [2.75, 3.05) is 6.61 Å². The highest BCUT2D eigenvalue weighted by atomic mass is 35.5. The average Bonchev–Trinajstić information content (AvgIpc) is 2.88. The Labute approximate surface area is 169 Å². The molecule has 2 aromatic rings. The molecular weight excluding hydrogens is 424 g/mol. The lowest BCUT2D eigenvalue weighted by Crippen LogP contribution is -2.23. The molecule has 28 heavy (non-hydrogen) atoms. The van der Waals surface area contributed by atoms with Gasteiger partial charge in [-0.1, -0.05) is 23.2 Å². The number of esters is 1. The lowest BCUT2D eigenvalue weighted by atomic mass is 10.1. The topological polar surface area (TPSA) is 62.6 Å². The van der Waals surface area contributed by atoms with Crippen LogP contribution in [0.2, 0.25) is 10.0 Å². The van der Waals surface area contributed by atoms with Crippen molar-refractivity contribution in [3.05, 3.63) is 33.6 Å². The number of hydrogen-bond acceptors (Lipinski definition) is 5. The van der Waals surface area contributed by atoms with Crippen LogP contribution >= 0.6 is 23.2 Å². The van der Waals surface area contributed by atoms with Crippen LogP contribution in [0.3, 0.4) is 0 Å². The van der Waals surface area contributed by atoms with Crippen molar-refractivity contribution in [3.8, 4) is 17.1 Å². The summed E-state index contributed by atoms with van der Waals surface area (Å²) in [6.45, 7) is 0.117. The Morgan fingerprint density at radius 3 is 2.61 bits per heavy atom. The number of carbonyl (C=O) groups excluding carboxylic acids is 1. The second-order valence-electron chi connectivity index (χ2n) is 5.60. The molecule has 1 aromatic carbocycles. The summed E-state index contributed by atoms with van der Waals surface area (Å²) in [5, 5.41) is 3.71. The summed E-state index contributed by atoms with van der Waals surface area (Å²) in [6, 6.07) is 2.33. The predicted octanol–water partition coefficient (Wildman–Crippen LogP) is 4.60. The third-order valence-electron chi connectivity index (χ3n) is 3.64. The Morgan fingerprint density at radius 1 is 1.32 bits per heavy atom. The summed E-state index contributed by atoms with van der Waals surface area (Å²) in [6.07, 6.45) is -0.867. The number of hydrogen-bond donors (Lipinski definition) is 0. The molecule has 0 N–H and O–H groups in total. The minimum absolute atomic E-state index is 0.0495. The van der Waals surface area contributed by atoms with Gasteiger partial charge < -0.3 is 14.2 Å². The van der Waals surface area contributed by atoms with Crippen molar-refractivity contribution in [1.82, 2.24) is 9.78 Å². The fourth-order valence-corrected chi connectivity index (χ4v) is 2.81. The SMILES string of the molecule is CCOC(=O)C(C)OCc1cc(-c2nn(C)c(OC(F)F)c2Cl)c(F)cc1Cl. The van der Waals surface area contributed by atoms with E-state index in [9.17, 15) is 18.0 Å². The number of rotatable bonds is 8. The monoisotopic (exact) mass is 440 g/mol. The van der Waals surface area contributed by atoms with Gasteiger partial charge in [0.1, 0.15) is 16.5 Å². The number of benzene rings is 1. The summed E-state index contributed by atoms with van der Waals surface area (Å²) in [7, 11) is 1.33. The molecule has 1 unspecified atom stereocenters. The number of aromatic nitrogens is 2. The van der Waals surface area contributed by atoms with Gasteiger partial charge in [-0.25, -0.2) is 13.9 Å². The minimum atomic E-state index is -3.12. The molecular formula is C17H17Cl2F3N2O4. The summed E-state index contributed by atoms with van der Waals surface area (Å²) < 4.78 is 55.0. The standard InChI is InChI=1S/C17H17Cl2F3N2O4/c1-4-26-16(25)8(2)27-7-9-5-10(12(20)6-11(9)18)14-13(19)15(24(3)23-14)28-17(21)22/h5-6,8,17H,4,7H2,1-3H3. The first kappa shape index (κ1) is 22.3. The summed E-state index contributed by atoms with van der Waals surface area (Å²) >= 11 is 12.1. The zero-order valence-electron chi connectivity index (χ0n) is 15.1. The smallest absolute Gasteiger partial charge is 0.388 e. The number of alkyl halides is 2. The maximum Gasteiger partial charge on any atom is 0.388 e. The molecule has 2 rings (SSSR count). The van der Waals surface area contributed by atoms with Crippen LogP contribution in [0.1, 0.15) is 19.4 Å². The van der Waals surface area contributed by atoms with Crippen LogP contribution in [-0.2, 0) is 27.9 Å². The van der Waals surface area contributed by atoms with Gasteiger partial charge in [0.15, 0.2) is 6.10 Å². The zero-order chi connectivity index (χ0) is 21.0. The molecule has 11 heteroatoms. The lowest BCUT2D eigenvalue weighted by molar-refractivity contribution is -0.156. The third-order valence-corrected chi connectivity index (χ3v) is 4.33. The van der Waals surface area contributed by atoms with Crippen LogP contribution in [0.5, 0.6) is 5.88 Å². The Kier molecular flexibility index (Phi) is 7.56. The van der Waals surface area contributed by atoms with Crippen molar-refractivity contribution < 1.29 is 32.2 Å². The minimum Gasteiger partial charge on any atom is -0.464 e. The van der Waals surface area contributed by atoms with E-state index in [1.54, 1.807) is 6.92 Å². The van der Waals surface area contributed by atoms with Crippen molar-refractivity contribution >= 4 is 29.2 Å². The summed E-state index contributed by atoms with van der Waals surface area (Å²) in [5.41, 5.74) is 0.150. The first-order valence-corrected chi connectivity index (χ1v) is 8.85. The van der Waals surface area contributed by atoms with E-state index in [1.165, 1.54) is 20.0 Å². The molecule has 1 aromatic heterocycles. The third kappa shape index (κ3) is 5.09. The molecule has 1 heterocycles. The van der Waals surface area contributed by atoms with Gasteiger partial charge in [0.25, 0.3) is 0 Å². The summed E-state index contributed by atoms with van der Waals surface area (Å²) in [4.78, 5) is 11.6. The van der Waals surface area contributed by atoms with Crippen LogP contribution < -0.4 is 4.74 Å². The van der Waals surface area contributed by atoms with Crippen molar-refractivity contribution in [1.29, 1.82) is 0 Å². The normalized spacial score (nSPS) is 12.3. The van der Waals surface area contributed by atoms with Gasteiger partial charge >= 0.3 is 12.6 Å². The molecule has 0 aliphatic rings. The molecule has 0 aliphatic carbocycles. The van der Waals surface area contributed by atoms with E-state index in [4.69, 9.17) is 32.7 Å². The Bertz CT molecular complexity index is 861. The molecule has 6 nitrogen and oxygen atoms in total. The maximum absolute atomic E-state index is 14.4. The van der Waals surface area contributed by atoms with Gasteiger partial charge in [0.05, 0.1) is 13.2 Å². The number of carbonyl (C=O) groups is 1. The highest BCUT2D eigenvalue weighted by Crippen LogP contribution is 2.38. The van der Waals surface area contributed by atoms with Crippen molar-refractivity contribution in [2.24, 2.45) is 7.05 Å². The van der Waals surface area contributed by atoms with Crippen LogP contribution in [-0.4, -0.2) is 35.1 Å². The summed E-state index contributed by atoms with van der Waals surface area (Å²) in [5.74, 6) is -1.73. The fourth-order valence-electron chi connectivity index (χ4n) is 2.30. The predicted molar refractivity (Wildman–Crippen MR) is 96.1 cm³/mol. The number of halogens is 5.